The number of aliphatic hydroxyl groups excluding tert-OH is 1. The van der Waals surface area contributed by atoms with Gasteiger partial charge in [-0.2, -0.15) is 0 Å². The fourth-order valence-electron chi connectivity index (χ4n) is 1.79. The molecule has 0 amide bonds. The molecule has 1 aliphatic rings. The van der Waals surface area contributed by atoms with Crippen molar-refractivity contribution in [3.05, 3.63) is 28.2 Å². The van der Waals surface area contributed by atoms with Crippen LogP contribution in [-0.4, -0.2) is 5.11 Å². The van der Waals surface area contributed by atoms with Gasteiger partial charge in [0.15, 0.2) is 0 Å². The lowest BCUT2D eigenvalue weighted by atomic mass is 9.79. The van der Waals surface area contributed by atoms with Crippen LogP contribution < -0.4 is 5.73 Å². The van der Waals surface area contributed by atoms with Crippen LogP contribution in [-0.2, 0) is 0 Å². The molecular weight excluding hydrogens is 242 g/mol. The first kappa shape index (κ1) is 9.99. The van der Waals surface area contributed by atoms with Gasteiger partial charge in [-0.25, -0.2) is 0 Å². The molecule has 0 radical (unpaired) electrons. The van der Waals surface area contributed by atoms with Crippen molar-refractivity contribution in [1.29, 1.82) is 0 Å². The number of anilines is 1. The van der Waals surface area contributed by atoms with Gasteiger partial charge in [-0.3, -0.25) is 0 Å². The average molecular weight is 256 g/mol. The van der Waals surface area contributed by atoms with Gasteiger partial charge in [-0.15, -0.1) is 0 Å². The molecule has 1 unspecified atom stereocenters. The molecule has 1 aliphatic carbocycles. The van der Waals surface area contributed by atoms with E-state index in [0.29, 0.717) is 5.92 Å². The number of rotatable bonds is 2. The Kier molecular flexibility index (Phi) is 2.79. The second-order valence-corrected chi connectivity index (χ2v) is 4.77. The normalized spacial score (nSPS) is 19.0. The van der Waals surface area contributed by atoms with Crippen molar-refractivity contribution in [2.75, 3.05) is 5.73 Å². The molecule has 0 spiro atoms. The van der Waals surface area contributed by atoms with Crippen LogP contribution in [0.15, 0.2) is 22.7 Å². The van der Waals surface area contributed by atoms with E-state index in [2.05, 4.69) is 15.9 Å². The van der Waals surface area contributed by atoms with Crippen molar-refractivity contribution in [3.63, 3.8) is 0 Å². The number of halogens is 1. The third-order valence-corrected chi connectivity index (χ3v) is 3.63. The van der Waals surface area contributed by atoms with Crippen LogP contribution in [0.4, 0.5) is 5.69 Å². The fraction of sp³-hybridized carbons (Fsp3) is 0.455. The quantitative estimate of drug-likeness (QED) is 0.799. The standard InChI is InChI=1S/C11H14BrNO/c12-10-6-8(13)4-5-9(10)11(14)7-2-1-3-7/h4-7,11,14H,1-3,13H2. The largest absolute Gasteiger partial charge is 0.399 e. The molecule has 0 heterocycles. The van der Waals surface area contributed by atoms with Gasteiger partial charge in [0.05, 0.1) is 6.10 Å². The van der Waals surface area contributed by atoms with E-state index in [9.17, 15) is 5.11 Å². The molecule has 1 saturated carbocycles. The second-order valence-electron chi connectivity index (χ2n) is 3.92. The van der Waals surface area contributed by atoms with Gasteiger partial charge in [0.1, 0.15) is 0 Å². The minimum atomic E-state index is -0.335. The molecule has 14 heavy (non-hydrogen) atoms. The molecule has 1 aromatic rings. The SMILES string of the molecule is Nc1ccc(C(O)C2CCC2)c(Br)c1. The summed E-state index contributed by atoms with van der Waals surface area (Å²) in [4.78, 5) is 0. The topological polar surface area (TPSA) is 46.2 Å². The molecular formula is C11H14BrNO. The van der Waals surface area contributed by atoms with E-state index in [-0.39, 0.29) is 6.10 Å². The number of benzene rings is 1. The van der Waals surface area contributed by atoms with E-state index >= 15 is 0 Å². The third kappa shape index (κ3) is 1.79. The van der Waals surface area contributed by atoms with E-state index in [0.717, 1.165) is 28.6 Å². The Bertz CT molecular complexity index is 336. The zero-order valence-electron chi connectivity index (χ0n) is 7.91. The Morgan fingerprint density at radius 1 is 1.43 bits per heavy atom. The summed E-state index contributed by atoms with van der Waals surface area (Å²) in [6, 6.07) is 5.58. The first-order valence-electron chi connectivity index (χ1n) is 4.91. The van der Waals surface area contributed by atoms with Gasteiger partial charge in [0.2, 0.25) is 0 Å². The summed E-state index contributed by atoms with van der Waals surface area (Å²) < 4.78 is 0.914. The predicted molar refractivity (Wildman–Crippen MR) is 60.9 cm³/mol. The van der Waals surface area contributed by atoms with Gasteiger partial charge in [-0.05, 0) is 36.5 Å². The Morgan fingerprint density at radius 2 is 2.14 bits per heavy atom. The average Bonchev–Trinajstić information content (AvgIpc) is 2.00. The van der Waals surface area contributed by atoms with E-state index < -0.39 is 0 Å². The molecule has 0 aromatic heterocycles. The maximum atomic E-state index is 10.0. The Morgan fingerprint density at radius 3 is 2.64 bits per heavy atom. The first-order chi connectivity index (χ1) is 6.68. The van der Waals surface area contributed by atoms with Gasteiger partial charge >= 0.3 is 0 Å². The third-order valence-electron chi connectivity index (χ3n) is 2.94. The van der Waals surface area contributed by atoms with Gasteiger partial charge in [-0.1, -0.05) is 28.4 Å². The highest BCUT2D eigenvalue weighted by Crippen LogP contribution is 2.40. The monoisotopic (exact) mass is 255 g/mol. The molecule has 1 atom stereocenters. The van der Waals surface area contributed by atoms with Crippen molar-refractivity contribution in [2.24, 2.45) is 5.92 Å². The molecule has 3 heteroatoms. The zero-order chi connectivity index (χ0) is 10.1. The van der Waals surface area contributed by atoms with Crippen LogP contribution in [0.1, 0.15) is 30.9 Å². The number of hydrogen-bond donors (Lipinski definition) is 2. The highest BCUT2D eigenvalue weighted by molar-refractivity contribution is 9.10. The maximum Gasteiger partial charge on any atom is 0.0829 e. The van der Waals surface area contributed by atoms with Gasteiger partial charge < -0.3 is 10.8 Å². The van der Waals surface area contributed by atoms with Crippen molar-refractivity contribution in [3.8, 4) is 0 Å². The highest BCUT2D eigenvalue weighted by atomic mass is 79.9. The van der Waals surface area contributed by atoms with Crippen LogP contribution in [0.25, 0.3) is 0 Å². The summed E-state index contributed by atoms with van der Waals surface area (Å²) in [7, 11) is 0. The molecule has 1 aromatic carbocycles. The second kappa shape index (κ2) is 3.91. The molecule has 1 fully saturated rings. The van der Waals surface area contributed by atoms with Gasteiger partial charge in [0, 0.05) is 10.2 Å². The summed E-state index contributed by atoms with van der Waals surface area (Å²) in [5.41, 5.74) is 7.32. The molecule has 2 nitrogen and oxygen atoms in total. The Balaban J connectivity index is 2.22. The van der Waals surface area contributed by atoms with Crippen LogP contribution >= 0.6 is 15.9 Å². The molecule has 76 valence electrons. The maximum absolute atomic E-state index is 10.0. The van der Waals surface area contributed by atoms with Gasteiger partial charge in [0.25, 0.3) is 0 Å². The molecule has 0 aliphatic heterocycles. The molecule has 3 N–H and O–H groups in total. The fourth-order valence-corrected chi connectivity index (χ4v) is 2.42. The molecule has 2 rings (SSSR count). The Hall–Kier alpha value is -0.540. The van der Waals surface area contributed by atoms with E-state index in [1.807, 2.05) is 18.2 Å². The van der Waals surface area contributed by atoms with Crippen molar-refractivity contribution >= 4 is 21.6 Å². The summed E-state index contributed by atoms with van der Waals surface area (Å²) in [6.45, 7) is 0. The van der Waals surface area contributed by atoms with E-state index in [1.54, 1.807) is 0 Å². The summed E-state index contributed by atoms with van der Waals surface area (Å²) in [6.07, 6.45) is 3.18. The smallest absolute Gasteiger partial charge is 0.0829 e. The lowest BCUT2D eigenvalue weighted by molar-refractivity contribution is 0.0615. The van der Waals surface area contributed by atoms with Crippen LogP contribution in [0.3, 0.4) is 0 Å². The van der Waals surface area contributed by atoms with Crippen molar-refractivity contribution in [2.45, 2.75) is 25.4 Å². The molecule has 0 bridgehead atoms. The highest BCUT2D eigenvalue weighted by Gasteiger charge is 2.27. The summed E-state index contributed by atoms with van der Waals surface area (Å²) >= 11 is 3.43. The molecule has 0 saturated heterocycles. The number of nitrogens with two attached hydrogens (primary N) is 1. The zero-order valence-corrected chi connectivity index (χ0v) is 9.50. The minimum Gasteiger partial charge on any atom is -0.399 e. The van der Waals surface area contributed by atoms with Crippen LogP contribution in [0.2, 0.25) is 0 Å². The predicted octanol–water partition coefficient (Wildman–Crippen LogP) is 2.86. The Labute approximate surface area is 92.3 Å². The number of hydrogen-bond acceptors (Lipinski definition) is 2. The van der Waals surface area contributed by atoms with E-state index in [1.165, 1.54) is 6.42 Å². The summed E-state index contributed by atoms with van der Waals surface area (Å²) in [5.74, 6) is 0.440. The lowest BCUT2D eigenvalue weighted by Gasteiger charge is -2.31. The first-order valence-corrected chi connectivity index (χ1v) is 5.71. The minimum absolute atomic E-state index is 0.335. The van der Waals surface area contributed by atoms with Crippen LogP contribution in [0.5, 0.6) is 0 Å². The summed E-state index contributed by atoms with van der Waals surface area (Å²) in [5, 5.41) is 10.0. The van der Waals surface area contributed by atoms with Crippen molar-refractivity contribution in [1.82, 2.24) is 0 Å². The van der Waals surface area contributed by atoms with E-state index in [4.69, 9.17) is 5.73 Å². The number of aliphatic hydroxyl groups is 1. The number of nitrogen functional groups attached to an aromatic ring is 1. The van der Waals surface area contributed by atoms with Crippen LogP contribution in [0, 0.1) is 5.92 Å². The lowest BCUT2D eigenvalue weighted by Crippen LogP contribution is -2.20. The van der Waals surface area contributed by atoms with Crippen molar-refractivity contribution < 1.29 is 5.11 Å².